The summed E-state index contributed by atoms with van der Waals surface area (Å²) in [5.41, 5.74) is 1.62. The third-order valence-electron chi connectivity index (χ3n) is 8.13. The molecule has 1 N–H and O–H groups in total. The van der Waals surface area contributed by atoms with E-state index in [1.165, 1.54) is 56.7 Å². The molecule has 4 atom stereocenters. The number of carbonyl (C=O) groups excluding carboxylic acids is 3. The summed E-state index contributed by atoms with van der Waals surface area (Å²) in [6, 6.07) is 24.7. The van der Waals surface area contributed by atoms with Gasteiger partial charge in [0.25, 0.3) is 0 Å². The number of rotatable bonds is 10. The zero-order chi connectivity index (χ0) is 33.5. The third-order valence-corrected chi connectivity index (χ3v) is 8.13. The Morgan fingerprint density at radius 1 is 0.872 bits per heavy atom. The number of benzene rings is 4. The number of nitro benzene ring substituents is 1. The Kier molecular flexibility index (Phi) is 10.1. The van der Waals surface area contributed by atoms with Crippen molar-refractivity contribution >= 4 is 23.7 Å². The van der Waals surface area contributed by atoms with Gasteiger partial charge in [0.1, 0.15) is 18.5 Å². The van der Waals surface area contributed by atoms with Gasteiger partial charge in [-0.3, -0.25) is 24.6 Å². The quantitative estimate of drug-likeness (QED) is 0.132. The van der Waals surface area contributed by atoms with Gasteiger partial charge in [0, 0.05) is 18.5 Å². The number of nitrogens with zero attached hydrogens (tertiary/aromatic N) is 2. The van der Waals surface area contributed by atoms with Crippen LogP contribution in [0.1, 0.15) is 34.2 Å². The molecule has 11 nitrogen and oxygen atoms in total. The van der Waals surface area contributed by atoms with Crippen LogP contribution in [-0.4, -0.2) is 48.1 Å². The number of nitrogens with one attached hydrogen (secondary N) is 1. The first-order valence-electron chi connectivity index (χ1n) is 14.7. The van der Waals surface area contributed by atoms with E-state index in [0.29, 0.717) is 16.7 Å². The smallest absolute Gasteiger partial charge is 0.411 e. The Labute approximate surface area is 270 Å². The molecule has 4 aromatic carbocycles. The molecule has 5 rings (SSSR count). The molecule has 12 heteroatoms. The topological polar surface area (TPSA) is 137 Å². The fraction of sp³-hybridized carbons (Fsp3) is 0.229. The molecule has 1 fully saturated rings. The monoisotopic (exact) mass is 641 g/mol. The van der Waals surface area contributed by atoms with Crippen molar-refractivity contribution in [2.45, 2.75) is 31.2 Å². The summed E-state index contributed by atoms with van der Waals surface area (Å²) < 4.78 is 29.7. The van der Waals surface area contributed by atoms with E-state index in [1.54, 1.807) is 54.6 Å². The van der Waals surface area contributed by atoms with E-state index in [-0.39, 0.29) is 24.5 Å². The van der Waals surface area contributed by atoms with Crippen molar-refractivity contribution in [1.82, 2.24) is 10.2 Å². The Balaban J connectivity index is 1.66. The average molecular weight is 642 g/mol. The summed E-state index contributed by atoms with van der Waals surface area (Å²) in [6.07, 6.45) is -0.924. The fourth-order valence-corrected chi connectivity index (χ4v) is 6.00. The fourth-order valence-electron chi connectivity index (χ4n) is 6.00. The zero-order valence-corrected chi connectivity index (χ0v) is 25.6. The number of hydrogen-bond acceptors (Lipinski definition) is 8. The maximum atomic E-state index is 14.3. The molecule has 4 aromatic rings. The SMILES string of the molecule is COC(=O)C1C(c2ccccc2)C(C(=O)NCc2ccc(F)cc2)N(C(=O)OCc2ccccc2)C1c1ccc(OC)c([N+](=O)[O-])c1. The van der Waals surface area contributed by atoms with Crippen LogP contribution in [0.2, 0.25) is 0 Å². The molecule has 0 saturated carbocycles. The maximum Gasteiger partial charge on any atom is 0.411 e. The lowest BCUT2D eigenvalue weighted by atomic mass is 9.79. The van der Waals surface area contributed by atoms with Crippen molar-refractivity contribution < 1.29 is 37.9 Å². The highest BCUT2D eigenvalue weighted by molar-refractivity contribution is 5.91. The van der Waals surface area contributed by atoms with Gasteiger partial charge in [-0.15, -0.1) is 0 Å². The Morgan fingerprint density at radius 3 is 2.15 bits per heavy atom. The molecule has 1 saturated heterocycles. The minimum atomic E-state index is -1.34. The first-order chi connectivity index (χ1) is 22.7. The van der Waals surface area contributed by atoms with E-state index < -0.39 is 58.3 Å². The van der Waals surface area contributed by atoms with Gasteiger partial charge in [0.15, 0.2) is 5.75 Å². The van der Waals surface area contributed by atoms with Crippen LogP contribution < -0.4 is 10.1 Å². The summed E-state index contributed by atoms with van der Waals surface area (Å²) in [6.45, 7) is -0.153. The van der Waals surface area contributed by atoms with Crippen molar-refractivity contribution in [3.8, 4) is 5.75 Å². The Morgan fingerprint density at radius 2 is 1.53 bits per heavy atom. The molecule has 1 heterocycles. The van der Waals surface area contributed by atoms with Gasteiger partial charge in [-0.05, 0) is 40.5 Å². The van der Waals surface area contributed by atoms with Crippen LogP contribution in [-0.2, 0) is 32.2 Å². The highest BCUT2D eigenvalue weighted by Crippen LogP contribution is 2.51. The molecule has 242 valence electrons. The predicted octanol–water partition coefficient (Wildman–Crippen LogP) is 5.69. The van der Waals surface area contributed by atoms with Crippen molar-refractivity contribution in [2.24, 2.45) is 5.92 Å². The van der Waals surface area contributed by atoms with Gasteiger partial charge in [-0.1, -0.05) is 78.9 Å². The summed E-state index contributed by atoms with van der Waals surface area (Å²) in [4.78, 5) is 54.7. The summed E-state index contributed by atoms with van der Waals surface area (Å²) >= 11 is 0. The number of carbonyl (C=O) groups is 3. The summed E-state index contributed by atoms with van der Waals surface area (Å²) in [5, 5.41) is 14.9. The van der Waals surface area contributed by atoms with Crippen LogP contribution in [0.3, 0.4) is 0 Å². The lowest BCUT2D eigenvalue weighted by Gasteiger charge is -2.30. The van der Waals surface area contributed by atoms with Gasteiger partial charge in [0.05, 0.1) is 31.1 Å². The molecule has 2 amide bonds. The van der Waals surface area contributed by atoms with Crippen molar-refractivity contribution in [3.63, 3.8) is 0 Å². The van der Waals surface area contributed by atoms with Gasteiger partial charge in [-0.25, -0.2) is 9.18 Å². The number of methoxy groups -OCH3 is 2. The van der Waals surface area contributed by atoms with Gasteiger partial charge >= 0.3 is 17.7 Å². The minimum absolute atomic E-state index is 0.00834. The zero-order valence-electron chi connectivity index (χ0n) is 25.6. The largest absolute Gasteiger partial charge is 0.490 e. The molecule has 0 aromatic heterocycles. The number of halogens is 1. The molecule has 0 radical (unpaired) electrons. The molecular weight excluding hydrogens is 609 g/mol. The molecule has 1 aliphatic heterocycles. The van der Waals surface area contributed by atoms with Gasteiger partial charge in [-0.2, -0.15) is 0 Å². The molecule has 47 heavy (non-hydrogen) atoms. The second-order valence-electron chi connectivity index (χ2n) is 10.9. The standard InChI is InChI=1S/C35H32FN3O8/c1-45-28-18-15-25(19-27(28)39(43)44)31-30(34(41)46-2)29(24-11-7-4-8-12-24)32(33(40)37-20-22-13-16-26(36)17-14-22)38(31)35(42)47-21-23-9-5-3-6-10-23/h3-19,29-32H,20-21H2,1-2H3,(H,37,40). The molecular formula is C35H32FN3O8. The van der Waals surface area contributed by atoms with Crippen LogP contribution >= 0.6 is 0 Å². The average Bonchev–Trinajstić information content (AvgIpc) is 3.47. The van der Waals surface area contributed by atoms with Gasteiger partial charge < -0.3 is 19.5 Å². The maximum absolute atomic E-state index is 14.3. The third kappa shape index (κ3) is 7.06. The summed E-state index contributed by atoms with van der Waals surface area (Å²) in [7, 11) is 2.48. The van der Waals surface area contributed by atoms with Crippen molar-refractivity contribution in [3.05, 3.63) is 141 Å². The second-order valence-corrected chi connectivity index (χ2v) is 10.9. The Hall–Kier alpha value is -5.78. The number of hydrogen-bond donors (Lipinski definition) is 1. The number of ether oxygens (including phenoxy) is 3. The van der Waals surface area contributed by atoms with Crippen molar-refractivity contribution in [1.29, 1.82) is 0 Å². The number of amides is 2. The van der Waals surface area contributed by atoms with E-state index in [4.69, 9.17) is 14.2 Å². The Bertz CT molecular complexity index is 1740. The van der Waals surface area contributed by atoms with Crippen molar-refractivity contribution in [2.75, 3.05) is 14.2 Å². The molecule has 0 bridgehead atoms. The highest BCUT2D eigenvalue weighted by atomic mass is 19.1. The van der Waals surface area contributed by atoms with E-state index >= 15 is 0 Å². The molecule has 0 spiro atoms. The van der Waals surface area contributed by atoms with E-state index in [0.717, 1.165) is 4.90 Å². The van der Waals surface area contributed by atoms with E-state index in [2.05, 4.69) is 5.32 Å². The highest BCUT2D eigenvalue weighted by Gasteiger charge is 2.59. The van der Waals surface area contributed by atoms with E-state index in [1.807, 2.05) is 6.07 Å². The lowest BCUT2D eigenvalue weighted by Crippen LogP contribution is -2.48. The summed E-state index contributed by atoms with van der Waals surface area (Å²) in [5.74, 6) is -3.99. The van der Waals surface area contributed by atoms with Crippen LogP contribution in [0.4, 0.5) is 14.9 Å². The van der Waals surface area contributed by atoms with Crippen LogP contribution in [0.25, 0.3) is 0 Å². The van der Waals surface area contributed by atoms with Gasteiger partial charge in [0.2, 0.25) is 5.91 Å². The van der Waals surface area contributed by atoms with Crippen LogP contribution in [0.5, 0.6) is 5.75 Å². The number of likely N-dealkylation sites (tertiary alicyclic amines) is 1. The molecule has 1 aliphatic rings. The van der Waals surface area contributed by atoms with Crippen LogP contribution in [0, 0.1) is 21.8 Å². The first kappa shape index (κ1) is 32.6. The lowest BCUT2D eigenvalue weighted by molar-refractivity contribution is -0.385. The normalized spacial score (nSPS) is 18.7. The predicted molar refractivity (Wildman–Crippen MR) is 168 cm³/mol. The molecule has 4 unspecified atom stereocenters. The van der Waals surface area contributed by atoms with E-state index in [9.17, 15) is 28.9 Å². The second kappa shape index (κ2) is 14.5. The number of esters is 1. The number of nitro groups is 1. The first-order valence-corrected chi connectivity index (χ1v) is 14.7. The minimum Gasteiger partial charge on any atom is -0.490 e. The van der Waals surface area contributed by atoms with Crippen LogP contribution in [0.15, 0.2) is 103 Å². The molecule has 0 aliphatic carbocycles.